The molecule has 0 radical (unpaired) electrons. The van der Waals surface area contributed by atoms with Crippen molar-refractivity contribution < 1.29 is 9.52 Å². The van der Waals surface area contributed by atoms with Crippen molar-refractivity contribution in [3.63, 3.8) is 0 Å². The Morgan fingerprint density at radius 3 is 2.81 bits per heavy atom. The van der Waals surface area contributed by atoms with Crippen LogP contribution in [0.4, 0.5) is 5.69 Å². The van der Waals surface area contributed by atoms with E-state index < -0.39 is 0 Å². The molecule has 21 heavy (non-hydrogen) atoms. The van der Waals surface area contributed by atoms with Crippen LogP contribution in [0.1, 0.15) is 23.2 Å². The topological polar surface area (TPSA) is 63.2 Å². The molecule has 3 rings (SSSR count). The van der Waals surface area contributed by atoms with Gasteiger partial charge in [0.25, 0.3) is 0 Å². The van der Waals surface area contributed by atoms with Crippen molar-refractivity contribution in [1.82, 2.24) is 9.55 Å². The lowest BCUT2D eigenvalue weighted by Crippen LogP contribution is -2.16. The van der Waals surface area contributed by atoms with Crippen molar-refractivity contribution in [2.75, 3.05) is 5.32 Å². The Balaban J connectivity index is 1.97. The summed E-state index contributed by atoms with van der Waals surface area (Å²) in [7, 11) is 1.95. The molecule has 2 heterocycles. The zero-order chi connectivity index (χ0) is 14.8. The van der Waals surface area contributed by atoms with Gasteiger partial charge in [-0.3, -0.25) is 0 Å². The molecule has 108 valence electrons. The Morgan fingerprint density at radius 1 is 1.33 bits per heavy atom. The van der Waals surface area contributed by atoms with Crippen molar-refractivity contribution in [3.8, 4) is 5.75 Å². The highest BCUT2D eigenvalue weighted by Crippen LogP contribution is 2.28. The summed E-state index contributed by atoms with van der Waals surface area (Å²) >= 11 is 0. The molecule has 0 bridgehead atoms. The fourth-order valence-corrected chi connectivity index (χ4v) is 2.29. The number of hydrogen-bond donors (Lipinski definition) is 2. The second-order valence-electron chi connectivity index (χ2n) is 4.99. The van der Waals surface area contributed by atoms with Gasteiger partial charge in [-0.05, 0) is 42.8 Å². The van der Waals surface area contributed by atoms with Gasteiger partial charge in [-0.2, -0.15) is 0 Å². The summed E-state index contributed by atoms with van der Waals surface area (Å²) in [5, 5.41) is 13.0. The lowest BCUT2D eigenvalue weighted by atomic mass is 10.1. The van der Waals surface area contributed by atoms with E-state index in [1.54, 1.807) is 18.5 Å². The molecule has 5 nitrogen and oxygen atoms in total. The van der Waals surface area contributed by atoms with Gasteiger partial charge in [0.05, 0.1) is 6.26 Å². The second kappa shape index (κ2) is 5.36. The number of hydrogen-bond acceptors (Lipinski definition) is 4. The summed E-state index contributed by atoms with van der Waals surface area (Å²) in [6, 6.07) is 8.99. The van der Waals surface area contributed by atoms with Crippen molar-refractivity contribution in [1.29, 1.82) is 0 Å². The number of aryl methyl sites for hydroxylation is 2. The Bertz CT molecular complexity index is 732. The Morgan fingerprint density at radius 2 is 2.19 bits per heavy atom. The SMILES string of the molecule is Cc1cc(NC(c2ccco2)c2nccn2C)ccc1O. The molecule has 0 saturated heterocycles. The number of aromatic nitrogens is 2. The molecular formula is C16H17N3O2. The first-order valence-corrected chi connectivity index (χ1v) is 6.72. The highest BCUT2D eigenvalue weighted by Gasteiger charge is 2.21. The van der Waals surface area contributed by atoms with E-state index in [1.807, 2.05) is 49.0 Å². The van der Waals surface area contributed by atoms with Crippen LogP contribution in [0.5, 0.6) is 5.75 Å². The fourth-order valence-electron chi connectivity index (χ4n) is 2.29. The van der Waals surface area contributed by atoms with E-state index in [0.29, 0.717) is 0 Å². The van der Waals surface area contributed by atoms with Gasteiger partial charge in [0.1, 0.15) is 23.4 Å². The summed E-state index contributed by atoms with van der Waals surface area (Å²) in [5.41, 5.74) is 1.72. The monoisotopic (exact) mass is 283 g/mol. The smallest absolute Gasteiger partial charge is 0.143 e. The zero-order valence-electron chi connectivity index (χ0n) is 11.9. The van der Waals surface area contributed by atoms with Crippen LogP contribution in [0.3, 0.4) is 0 Å². The molecule has 1 atom stereocenters. The molecule has 1 aromatic carbocycles. The normalized spacial score (nSPS) is 12.3. The molecule has 0 aliphatic rings. The van der Waals surface area contributed by atoms with E-state index in [2.05, 4.69) is 10.3 Å². The molecule has 0 aliphatic carbocycles. The lowest BCUT2D eigenvalue weighted by Gasteiger charge is -2.18. The first kappa shape index (κ1) is 13.3. The van der Waals surface area contributed by atoms with Gasteiger partial charge in [-0.15, -0.1) is 0 Å². The quantitative estimate of drug-likeness (QED) is 0.722. The molecule has 2 N–H and O–H groups in total. The third-order valence-corrected chi connectivity index (χ3v) is 3.45. The number of nitrogens with zero attached hydrogens (tertiary/aromatic N) is 2. The minimum Gasteiger partial charge on any atom is -0.508 e. The van der Waals surface area contributed by atoms with E-state index in [-0.39, 0.29) is 11.8 Å². The molecule has 0 amide bonds. The summed E-state index contributed by atoms with van der Waals surface area (Å²) in [6.07, 6.45) is 5.30. The van der Waals surface area contributed by atoms with E-state index in [4.69, 9.17) is 4.42 Å². The standard InChI is InChI=1S/C16H17N3O2/c1-11-10-12(5-6-13(11)20)18-15(14-4-3-9-21-14)16-17-7-8-19(16)2/h3-10,15,18,20H,1-2H3. The summed E-state index contributed by atoms with van der Waals surface area (Å²) in [4.78, 5) is 4.40. The van der Waals surface area contributed by atoms with Crippen LogP contribution in [0, 0.1) is 6.92 Å². The third-order valence-electron chi connectivity index (χ3n) is 3.45. The fraction of sp³-hybridized carbons (Fsp3) is 0.188. The van der Waals surface area contributed by atoms with Gasteiger partial charge in [-0.25, -0.2) is 4.98 Å². The summed E-state index contributed by atoms with van der Waals surface area (Å²) in [6.45, 7) is 1.86. The molecular weight excluding hydrogens is 266 g/mol. The molecule has 1 unspecified atom stereocenters. The largest absolute Gasteiger partial charge is 0.508 e. The number of rotatable bonds is 4. The van der Waals surface area contributed by atoms with Crippen LogP contribution in [0.25, 0.3) is 0 Å². The minimum atomic E-state index is -0.191. The van der Waals surface area contributed by atoms with Crippen molar-refractivity contribution in [2.45, 2.75) is 13.0 Å². The average Bonchev–Trinajstić information content (AvgIpc) is 3.12. The van der Waals surface area contributed by atoms with Crippen molar-refractivity contribution in [3.05, 3.63) is 66.1 Å². The zero-order valence-corrected chi connectivity index (χ0v) is 11.9. The van der Waals surface area contributed by atoms with E-state index in [9.17, 15) is 5.11 Å². The number of nitrogens with one attached hydrogen (secondary N) is 1. The van der Waals surface area contributed by atoms with E-state index in [1.165, 1.54) is 0 Å². The molecule has 5 heteroatoms. The first-order valence-electron chi connectivity index (χ1n) is 6.72. The van der Waals surface area contributed by atoms with Gasteiger partial charge in [0.2, 0.25) is 0 Å². The lowest BCUT2D eigenvalue weighted by molar-refractivity contribution is 0.471. The maximum atomic E-state index is 9.63. The van der Waals surface area contributed by atoms with Gasteiger partial charge < -0.3 is 19.4 Å². The van der Waals surface area contributed by atoms with Crippen LogP contribution in [-0.2, 0) is 7.05 Å². The molecule has 0 aliphatic heterocycles. The highest BCUT2D eigenvalue weighted by atomic mass is 16.3. The van der Waals surface area contributed by atoms with Gasteiger partial charge >= 0.3 is 0 Å². The number of phenols is 1. The van der Waals surface area contributed by atoms with Gasteiger partial charge in [0.15, 0.2) is 0 Å². The maximum absolute atomic E-state index is 9.63. The number of imidazole rings is 1. The van der Waals surface area contributed by atoms with Gasteiger partial charge in [-0.1, -0.05) is 0 Å². The Hall–Kier alpha value is -2.69. The minimum absolute atomic E-state index is 0.191. The van der Waals surface area contributed by atoms with Crippen LogP contribution in [-0.4, -0.2) is 14.7 Å². The molecule has 3 aromatic rings. The maximum Gasteiger partial charge on any atom is 0.143 e. The van der Waals surface area contributed by atoms with Crippen molar-refractivity contribution >= 4 is 5.69 Å². The Labute approximate surface area is 122 Å². The molecule has 0 spiro atoms. The predicted molar refractivity (Wildman–Crippen MR) is 80.2 cm³/mol. The molecule has 0 saturated carbocycles. The number of benzene rings is 1. The summed E-state index contributed by atoms with van der Waals surface area (Å²) < 4.78 is 7.49. The molecule has 2 aromatic heterocycles. The number of aromatic hydroxyl groups is 1. The molecule has 0 fully saturated rings. The van der Waals surface area contributed by atoms with Gasteiger partial charge in [0, 0.05) is 25.1 Å². The van der Waals surface area contributed by atoms with Crippen LogP contribution in [0.2, 0.25) is 0 Å². The average molecular weight is 283 g/mol. The van der Waals surface area contributed by atoms with Crippen LogP contribution in [0.15, 0.2) is 53.4 Å². The van der Waals surface area contributed by atoms with Crippen molar-refractivity contribution in [2.24, 2.45) is 7.05 Å². The highest BCUT2D eigenvalue weighted by molar-refractivity contribution is 5.52. The number of anilines is 1. The van der Waals surface area contributed by atoms with Crippen LogP contribution < -0.4 is 5.32 Å². The summed E-state index contributed by atoms with van der Waals surface area (Å²) in [5.74, 6) is 1.93. The Kier molecular flexibility index (Phi) is 3.39. The van der Waals surface area contributed by atoms with E-state index in [0.717, 1.165) is 22.8 Å². The van der Waals surface area contributed by atoms with Crippen LogP contribution >= 0.6 is 0 Å². The number of phenolic OH excluding ortho intramolecular Hbond substituents is 1. The van der Waals surface area contributed by atoms with E-state index >= 15 is 0 Å². The predicted octanol–water partition coefficient (Wildman–Crippen LogP) is 3.23. The second-order valence-corrected chi connectivity index (χ2v) is 4.99. The third kappa shape index (κ3) is 2.63. The first-order chi connectivity index (χ1) is 10.1. The number of furan rings is 1.